The summed E-state index contributed by atoms with van der Waals surface area (Å²) in [7, 11) is 2.82. The number of nitrogens with zero attached hydrogens (tertiary/aromatic N) is 3. The molecule has 2 amide bonds. The molecule has 1 unspecified atom stereocenters. The van der Waals surface area contributed by atoms with Crippen LogP contribution < -0.4 is 10.1 Å². The SMILES string of the molecule is COCCOC1(C(F)(F)F)CCC(NC(=O)C2C[C@H]3CC[C@@H](C2)N3C(=O)c2cc(-c3cc(OC)ncc3F)n[nH]2)CC1. The molecule has 5 rings (SSSR count). The third kappa shape index (κ3) is 5.96. The van der Waals surface area contributed by atoms with Crippen LogP contribution in [0.15, 0.2) is 18.3 Å². The van der Waals surface area contributed by atoms with Crippen LogP contribution in [0.5, 0.6) is 5.88 Å². The highest BCUT2D eigenvalue weighted by Gasteiger charge is 2.57. The van der Waals surface area contributed by atoms with Crippen molar-refractivity contribution in [2.45, 2.75) is 81.3 Å². The fourth-order valence-corrected chi connectivity index (χ4v) is 6.54. The second kappa shape index (κ2) is 12.2. The lowest BCUT2D eigenvalue weighted by Crippen LogP contribution is -2.55. The first kappa shape index (κ1) is 30.2. The van der Waals surface area contributed by atoms with E-state index in [0.717, 1.165) is 19.0 Å². The van der Waals surface area contributed by atoms with E-state index in [1.165, 1.54) is 26.4 Å². The number of rotatable bonds is 9. The molecule has 0 radical (unpaired) electrons. The molecule has 0 aromatic carbocycles. The maximum atomic E-state index is 14.4. The van der Waals surface area contributed by atoms with Crippen LogP contribution in [-0.2, 0) is 14.3 Å². The monoisotopic (exact) mass is 597 g/mol. The van der Waals surface area contributed by atoms with Crippen LogP contribution in [-0.4, -0.2) is 89.2 Å². The summed E-state index contributed by atoms with van der Waals surface area (Å²) in [4.78, 5) is 32.2. The molecule has 2 bridgehead atoms. The van der Waals surface area contributed by atoms with Crippen LogP contribution in [0, 0.1) is 11.7 Å². The first-order valence-corrected chi connectivity index (χ1v) is 14.1. The molecule has 2 aliphatic heterocycles. The van der Waals surface area contributed by atoms with Crippen LogP contribution in [0.2, 0.25) is 0 Å². The van der Waals surface area contributed by atoms with Crippen LogP contribution in [0.4, 0.5) is 17.6 Å². The molecule has 4 heterocycles. The molecule has 2 saturated heterocycles. The fourth-order valence-electron chi connectivity index (χ4n) is 6.54. The van der Waals surface area contributed by atoms with E-state index in [1.54, 1.807) is 4.90 Å². The van der Waals surface area contributed by atoms with Gasteiger partial charge in [0.25, 0.3) is 5.91 Å². The van der Waals surface area contributed by atoms with E-state index in [9.17, 15) is 27.2 Å². The molecular formula is C28H35F4N5O5. The van der Waals surface area contributed by atoms with Crippen molar-refractivity contribution in [2.75, 3.05) is 27.4 Å². The smallest absolute Gasteiger partial charge is 0.417 e. The average molecular weight is 598 g/mol. The minimum atomic E-state index is -4.51. The van der Waals surface area contributed by atoms with Crippen molar-refractivity contribution in [1.82, 2.24) is 25.4 Å². The van der Waals surface area contributed by atoms with Gasteiger partial charge in [0, 0.05) is 42.8 Å². The Hall–Kier alpha value is -3.26. The predicted molar refractivity (Wildman–Crippen MR) is 141 cm³/mol. The molecule has 0 spiro atoms. The molecule has 3 atom stereocenters. The van der Waals surface area contributed by atoms with Gasteiger partial charge in [-0.05, 0) is 57.4 Å². The third-order valence-corrected chi connectivity index (χ3v) is 8.78. The highest BCUT2D eigenvalue weighted by Crippen LogP contribution is 2.45. The molecule has 230 valence electrons. The summed E-state index contributed by atoms with van der Waals surface area (Å²) in [6.07, 6.45) is -1.21. The number of ether oxygens (including phenoxy) is 3. The number of H-pyrrole nitrogens is 1. The van der Waals surface area contributed by atoms with Gasteiger partial charge in [0.05, 0.1) is 32.2 Å². The first-order chi connectivity index (χ1) is 20.0. The zero-order chi connectivity index (χ0) is 30.1. The van der Waals surface area contributed by atoms with E-state index < -0.39 is 17.6 Å². The number of alkyl halides is 3. The highest BCUT2D eigenvalue weighted by atomic mass is 19.4. The summed E-state index contributed by atoms with van der Waals surface area (Å²) in [5, 5.41) is 9.80. The second-order valence-corrected chi connectivity index (χ2v) is 11.3. The topological polar surface area (TPSA) is 119 Å². The second-order valence-electron chi connectivity index (χ2n) is 11.3. The van der Waals surface area contributed by atoms with Crippen molar-refractivity contribution >= 4 is 11.8 Å². The van der Waals surface area contributed by atoms with Gasteiger partial charge in [-0.1, -0.05) is 0 Å². The molecular weight excluding hydrogens is 562 g/mol. The van der Waals surface area contributed by atoms with Crippen molar-refractivity contribution < 1.29 is 41.4 Å². The first-order valence-electron chi connectivity index (χ1n) is 14.1. The van der Waals surface area contributed by atoms with E-state index in [0.29, 0.717) is 12.8 Å². The van der Waals surface area contributed by atoms with E-state index in [4.69, 9.17) is 14.2 Å². The van der Waals surface area contributed by atoms with Crippen LogP contribution >= 0.6 is 0 Å². The van der Waals surface area contributed by atoms with Gasteiger partial charge in [-0.2, -0.15) is 18.3 Å². The van der Waals surface area contributed by atoms with Gasteiger partial charge < -0.3 is 24.4 Å². The number of aromatic nitrogens is 3. The number of hydrogen-bond acceptors (Lipinski definition) is 7. The van der Waals surface area contributed by atoms with Crippen LogP contribution in [0.1, 0.15) is 61.9 Å². The zero-order valence-electron chi connectivity index (χ0n) is 23.5. The zero-order valence-corrected chi connectivity index (χ0v) is 23.5. The molecule has 2 aromatic heterocycles. The number of methoxy groups -OCH3 is 2. The van der Waals surface area contributed by atoms with Crippen LogP contribution in [0.3, 0.4) is 0 Å². The number of piperidine rings is 1. The molecule has 10 nitrogen and oxygen atoms in total. The summed E-state index contributed by atoms with van der Waals surface area (Å²) in [5.74, 6) is -1.19. The number of halogens is 4. The van der Waals surface area contributed by atoms with Gasteiger partial charge in [0.2, 0.25) is 11.8 Å². The number of hydrogen-bond donors (Lipinski definition) is 2. The van der Waals surface area contributed by atoms with Crippen molar-refractivity contribution in [3.05, 3.63) is 29.8 Å². The van der Waals surface area contributed by atoms with E-state index in [-0.39, 0.29) is 97.6 Å². The van der Waals surface area contributed by atoms with Gasteiger partial charge >= 0.3 is 6.18 Å². The normalized spacial score (nSPS) is 27.6. The Morgan fingerprint density at radius 2 is 1.79 bits per heavy atom. The summed E-state index contributed by atoms with van der Waals surface area (Å²) in [5.41, 5.74) is -1.63. The Kier molecular flexibility index (Phi) is 8.74. The Morgan fingerprint density at radius 1 is 1.10 bits per heavy atom. The Balaban J connectivity index is 1.18. The van der Waals surface area contributed by atoms with Gasteiger partial charge in [-0.3, -0.25) is 14.7 Å². The number of carbonyl (C=O) groups excluding carboxylic acids is 2. The lowest BCUT2D eigenvalue weighted by molar-refractivity contribution is -0.290. The third-order valence-electron chi connectivity index (χ3n) is 8.78. The Bertz CT molecular complexity index is 1270. The number of fused-ring (bicyclic) bond motifs is 2. The standard InChI is InChI=1S/C28H35F4N5O5/c1-40-9-10-42-27(28(30,31)32)7-5-17(6-8-27)34-25(38)16-11-18-3-4-19(12-16)37(18)26(39)23-14-22(35-36-23)20-13-24(41-2)33-15-21(20)29/h13-19H,3-12H2,1-2H3,(H,34,38)(H,35,36)/t16?,17?,18-,19+,27?. The molecule has 3 fully saturated rings. The molecule has 42 heavy (non-hydrogen) atoms. The largest absolute Gasteiger partial charge is 0.481 e. The molecule has 1 aliphatic carbocycles. The average Bonchev–Trinajstić information content (AvgIpc) is 3.55. The fraction of sp³-hybridized carbons (Fsp3) is 0.643. The van der Waals surface area contributed by atoms with Gasteiger partial charge in [0.15, 0.2) is 11.4 Å². The van der Waals surface area contributed by atoms with E-state index in [2.05, 4.69) is 20.5 Å². The maximum Gasteiger partial charge on any atom is 0.417 e. The highest BCUT2D eigenvalue weighted by molar-refractivity contribution is 5.94. The lowest BCUT2D eigenvalue weighted by Gasteiger charge is -2.42. The molecule has 1 saturated carbocycles. The number of aromatic amines is 1. The van der Waals surface area contributed by atoms with Gasteiger partial charge in [-0.15, -0.1) is 0 Å². The van der Waals surface area contributed by atoms with E-state index in [1.807, 2.05) is 0 Å². The maximum absolute atomic E-state index is 14.4. The summed E-state index contributed by atoms with van der Waals surface area (Å²) in [6.45, 7) is -0.0794. The quantitative estimate of drug-likeness (QED) is 0.331. The van der Waals surface area contributed by atoms with Gasteiger partial charge in [0.1, 0.15) is 5.69 Å². The van der Waals surface area contributed by atoms with Crippen molar-refractivity contribution in [2.24, 2.45) is 5.92 Å². The number of amides is 2. The minimum absolute atomic E-state index is 0.0710. The van der Waals surface area contributed by atoms with Crippen molar-refractivity contribution in [3.63, 3.8) is 0 Å². The molecule has 3 aliphatic rings. The van der Waals surface area contributed by atoms with Crippen molar-refractivity contribution in [3.8, 4) is 17.1 Å². The van der Waals surface area contributed by atoms with Crippen LogP contribution in [0.25, 0.3) is 11.3 Å². The molecule has 2 N–H and O–H groups in total. The van der Waals surface area contributed by atoms with Crippen molar-refractivity contribution in [1.29, 1.82) is 0 Å². The summed E-state index contributed by atoms with van der Waals surface area (Å²) >= 11 is 0. The summed E-state index contributed by atoms with van der Waals surface area (Å²) in [6, 6.07) is 2.20. The number of pyridine rings is 1. The van der Waals surface area contributed by atoms with Gasteiger partial charge in [-0.25, -0.2) is 9.37 Å². The molecule has 14 heteroatoms. The molecule has 2 aromatic rings. The van der Waals surface area contributed by atoms with E-state index >= 15 is 0 Å². The number of nitrogens with one attached hydrogen (secondary N) is 2. The lowest BCUT2D eigenvalue weighted by atomic mass is 9.81. The Labute approximate surface area is 240 Å². The predicted octanol–water partition coefficient (Wildman–Crippen LogP) is 4.03. The minimum Gasteiger partial charge on any atom is -0.481 e. The number of carbonyl (C=O) groups is 2. The Morgan fingerprint density at radius 3 is 2.40 bits per heavy atom. The summed E-state index contributed by atoms with van der Waals surface area (Å²) < 4.78 is 71.0.